The smallest absolute Gasteiger partial charge is 0.304 e. The number of hydrogen-bond donors (Lipinski definition) is 1. The first-order valence-electron chi connectivity index (χ1n) is 5.16. The van der Waals surface area contributed by atoms with Gasteiger partial charge in [-0.1, -0.05) is 5.16 Å². The maximum atomic E-state index is 13.3. The molecule has 0 aliphatic heterocycles. The van der Waals surface area contributed by atoms with E-state index >= 15 is 0 Å². The van der Waals surface area contributed by atoms with Crippen LogP contribution >= 0.6 is 0 Å². The van der Waals surface area contributed by atoms with Crippen molar-refractivity contribution in [3.05, 3.63) is 51.5 Å². The molecule has 1 amide bonds. The molecule has 98 valence electrons. The molecule has 0 radical (unpaired) electrons. The van der Waals surface area contributed by atoms with Crippen molar-refractivity contribution in [1.29, 1.82) is 0 Å². The predicted octanol–water partition coefficient (Wildman–Crippen LogP) is 2.28. The SMILES string of the molecule is Cc1cc(NC(=O)c2ccc([N+](=O)[O-])c(F)c2)on1. The first-order valence-corrected chi connectivity index (χ1v) is 5.16. The van der Waals surface area contributed by atoms with E-state index in [0.29, 0.717) is 5.69 Å². The van der Waals surface area contributed by atoms with Gasteiger partial charge in [0.1, 0.15) is 0 Å². The van der Waals surface area contributed by atoms with Gasteiger partial charge in [-0.2, -0.15) is 4.39 Å². The van der Waals surface area contributed by atoms with Crippen LogP contribution < -0.4 is 5.32 Å². The highest BCUT2D eigenvalue weighted by molar-refractivity contribution is 6.03. The molecular weight excluding hydrogens is 257 g/mol. The Bertz CT molecular complexity index is 653. The number of aryl methyl sites for hydroxylation is 1. The molecule has 1 N–H and O–H groups in total. The van der Waals surface area contributed by atoms with Gasteiger partial charge in [-0.15, -0.1) is 0 Å². The fraction of sp³-hybridized carbons (Fsp3) is 0.0909. The number of nitrogens with one attached hydrogen (secondary N) is 1. The van der Waals surface area contributed by atoms with Crippen molar-refractivity contribution in [1.82, 2.24) is 5.16 Å². The topological polar surface area (TPSA) is 98.3 Å². The fourth-order valence-electron chi connectivity index (χ4n) is 1.40. The molecule has 0 unspecified atom stereocenters. The molecule has 0 atom stereocenters. The molecule has 7 nitrogen and oxygen atoms in total. The minimum atomic E-state index is -1.08. The first-order chi connectivity index (χ1) is 8.97. The predicted molar refractivity (Wildman–Crippen MR) is 62.2 cm³/mol. The van der Waals surface area contributed by atoms with Crippen molar-refractivity contribution in [3.8, 4) is 0 Å². The quantitative estimate of drug-likeness (QED) is 0.678. The summed E-state index contributed by atoms with van der Waals surface area (Å²) >= 11 is 0. The molecule has 0 aliphatic carbocycles. The average molecular weight is 265 g/mol. The standard InChI is InChI=1S/C11H8FN3O4/c1-6-4-10(19-14-6)13-11(16)7-2-3-9(15(17)18)8(12)5-7/h2-5H,1H3,(H,13,16). The van der Waals surface area contributed by atoms with Crippen molar-refractivity contribution in [2.75, 3.05) is 5.32 Å². The van der Waals surface area contributed by atoms with Crippen LogP contribution in [-0.2, 0) is 0 Å². The third-order valence-electron chi connectivity index (χ3n) is 2.27. The largest absolute Gasteiger partial charge is 0.338 e. The maximum Gasteiger partial charge on any atom is 0.304 e. The number of rotatable bonds is 3. The molecule has 0 bridgehead atoms. The number of aromatic nitrogens is 1. The van der Waals surface area contributed by atoms with Crippen LogP contribution in [0.3, 0.4) is 0 Å². The van der Waals surface area contributed by atoms with Gasteiger partial charge in [-0.25, -0.2) is 0 Å². The first kappa shape index (κ1) is 12.7. The zero-order chi connectivity index (χ0) is 14.0. The molecule has 0 saturated heterocycles. The summed E-state index contributed by atoms with van der Waals surface area (Å²) in [5.74, 6) is -1.61. The monoisotopic (exact) mass is 265 g/mol. The summed E-state index contributed by atoms with van der Waals surface area (Å²) in [6.45, 7) is 1.67. The Hall–Kier alpha value is -2.77. The molecule has 1 aromatic carbocycles. The van der Waals surface area contributed by atoms with Crippen molar-refractivity contribution >= 4 is 17.5 Å². The van der Waals surface area contributed by atoms with Crippen molar-refractivity contribution in [2.24, 2.45) is 0 Å². The van der Waals surface area contributed by atoms with Gasteiger partial charge < -0.3 is 4.52 Å². The highest BCUT2D eigenvalue weighted by atomic mass is 19.1. The molecule has 0 fully saturated rings. The summed E-state index contributed by atoms with van der Waals surface area (Å²) in [5.41, 5.74) is -0.172. The van der Waals surface area contributed by atoms with Crippen LogP contribution in [0.1, 0.15) is 16.1 Å². The van der Waals surface area contributed by atoms with E-state index in [1.54, 1.807) is 6.92 Å². The number of anilines is 1. The van der Waals surface area contributed by atoms with Gasteiger partial charge in [-0.3, -0.25) is 20.2 Å². The average Bonchev–Trinajstić information content (AvgIpc) is 2.74. The number of amides is 1. The highest BCUT2D eigenvalue weighted by Gasteiger charge is 2.17. The number of nitro benzene ring substituents is 1. The lowest BCUT2D eigenvalue weighted by Gasteiger charge is -2.01. The lowest BCUT2D eigenvalue weighted by molar-refractivity contribution is -0.387. The van der Waals surface area contributed by atoms with E-state index in [1.807, 2.05) is 0 Å². The Kier molecular flexibility index (Phi) is 3.23. The number of hydrogen-bond acceptors (Lipinski definition) is 5. The van der Waals surface area contributed by atoms with Crippen LogP contribution in [0.2, 0.25) is 0 Å². The van der Waals surface area contributed by atoms with E-state index in [2.05, 4.69) is 10.5 Å². The summed E-state index contributed by atoms with van der Waals surface area (Å²) in [6.07, 6.45) is 0. The lowest BCUT2D eigenvalue weighted by Crippen LogP contribution is -2.11. The number of carbonyl (C=O) groups is 1. The van der Waals surface area contributed by atoms with E-state index in [-0.39, 0.29) is 11.4 Å². The zero-order valence-corrected chi connectivity index (χ0v) is 9.71. The van der Waals surface area contributed by atoms with Crippen molar-refractivity contribution in [2.45, 2.75) is 6.92 Å². The molecule has 2 rings (SSSR count). The number of benzene rings is 1. The van der Waals surface area contributed by atoms with Crippen LogP contribution in [0.25, 0.3) is 0 Å². The number of carbonyl (C=O) groups excluding carboxylic acids is 1. The summed E-state index contributed by atoms with van der Waals surface area (Å²) in [7, 11) is 0. The minimum Gasteiger partial charge on any atom is -0.338 e. The van der Waals surface area contributed by atoms with Gasteiger partial charge in [0, 0.05) is 17.7 Å². The van der Waals surface area contributed by atoms with Gasteiger partial charge in [0.25, 0.3) is 5.91 Å². The third kappa shape index (κ3) is 2.73. The molecule has 0 saturated carbocycles. The van der Waals surface area contributed by atoms with Crippen LogP contribution in [0, 0.1) is 22.9 Å². The normalized spacial score (nSPS) is 10.2. The van der Waals surface area contributed by atoms with Gasteiger partial charge in [-0.05, 0) is 19.1 Å². The van der Waals surface area contributed by atoms with E-state index < -0.39 is 22.3 Å². The second-order valence-electron chi connectivity index (χ2n) is 3.71. The third-order valence-corrected chi connectivity index (χ3v) is 2.27. The Morgan fingerprint density at radius 2 is 2.21 bits per heavy atom. The van der Waals surface area contributed by atoms with Crippen LogP contribution in [0.15, 0.2) is 28.8 Å². The number of nitrogens with zero attached hydrogens (tertiary/aromatic N) is 2. The van der Waals surface area contributed by atoms with Gasteiger partial charge in [0.15, 0.2) is 0 Å². The van der Waals surface area contributed by atoms with Gasteiger partial charge >= 0.3 is 5.69 Å². The van der Waals surface area contributed by atoms with Crippen molar-refractivity contribution in [3.63, 3.8) is 0 Å². The molecule has 19 heavy (non-hydrogen) atoms. The molecule has 2 aromatic rings. The maximum absolute atomic E-state index is 13.3. The van der Waals surface area contributed by atoms with Crippen LogP contribution in [-0.4, -0.2) is 16.0 Å². The molecular formula is C11H8FN3O4. The lowest BCUT2D eigenvalue weighted by atomic mass is 10.2. The molecule has 8 heteroatoms. The van der Waals surface area contributed by atoms with Gasteiger partial charge in [0.2, 0.25) is 11.7 Å². The fourth-order valence-corrected chi connectivity index (χ4v) is 1.40. The highest BCUT2D eigenvalue weighted by Crippen LogP contribution is 2.19. The Balaban J connectivity index is 2.20. The second kappa shape index (κ2) is 4.84. The van der Waals surface area contributed by atoms with E-state index in [0.717, 1.165) is 18.2 Å². The number of nitro groups is 1. The Labute approximate surface area is 106 Å². The van der Waals surface area contributed by atoms with Crippen LogP contribution in [0.5, 0.6) is 0 Å². The summed E-state index contributed by atoms with van der Waals surface area (Å²) in [5, 5.41) is 16.4. The molecule has 0 spiro atoms. The molecule has 1 aromatic heterocycles. The number of halogens is 1. The zero-order valence-electron chi connectivity index (χ0n) is 9.71. The van der Waals surface area contributed by atoms with Crippen molar-refractivity contribution < 1.29 is 18.6 Å². The van der Waals surface area contributed by atoms with E-state index in [1.165, 1.54) is 6.07 Å². The summed E-state index contributed by atoms with van der Waals surface area (Å²) in [6, 6.07) is 4.35. The van der Waals surface area contributed by atoms with E-state index in [9.17, 15) is 19.3 Å². The van der Waals surface area contributed by atoms with E-state index in [4.69, 9.17) is 4.52 Å². The Morgan fingerprint density at radius 1 is 1.47 bits per heavy atom. The van der Waals surface area contributed by atoms with Gasteiger partial charge in [0.05, 0.1) is 10.6 Å². The minimum absolute atomic E-state index is 0.0582. The summed E-state index contributed by atoms with van der Waals surface area (Å²) < 4.78 is 18.1. The van der Waals surface area contributed by atoms with Crippen LogP contribution in [0.4, 0.5) is 16.0 Å². The summed E-state index contributed by atoms with van der Waals surface area (Å²) in [4.78, 5) is 21.3. The molecule has 0 aliphatic rings. The second-order valence-corrected chi connectivity index (χ2v) is 3.71. The Morgan fingerprint density at radius 3 is 2.74 bits per heavy atom. The molecule has 1 heterocycles.